The van der Waals surface area contributed by atoms with Crippen molar-refractivity contribution in [3.63, 3.8) is 0 Å². The van der Waals surface area contributed by atoms with Gasteiger partial charge in [-0.3, -0.25) is 0 Å². The first kappa shape index (κ1) is 27.8. The number of hydrogen-bond donors (Lipinski definition) is 6. The van der Waals surface area contributed by atoms with Gasteiger partial charge in [0.15, 0.2) is 0 Å². The van der Waals surface area contributed by atoms with Crippen LogP contribution in [0.25, 0.3) is 0 Å². The van der Waals surface area contributed by atoms with Crippen LogP contribution in [0.2, 0.25) is 0 Å². The molecule has 0 aromatic heterocycles. The molecule has 0 heterocycles. The third kappa shape index (κ3) is 25.8. The highest BCUT2D eigenvalue weighted by molar-refractivity contribution is 4.58. The van der Waals surface area contributed by atoms with E-state index in [9.17, 15) is 0 Å². The molecule has 0 bridgehead atoms. The molecule has 6 nitrogen and oxygen atoms in total. The molecular weight excluding hydrogens is 348 g/mol. The lowest BCUT2D eigenvalue weighted by Crippen LogP contribution is -2.37. The summed E-state index contributed by atoms with van der Waals surface area (Å²) in [5.41, 5.74) is 5.42. The molecule has 0 rings (SSSR count). The van der Waals surface area contributed by atoms with Gasteiger partial charge < -0.3 is 32.3 Å². The molecule has 0 aromatic carbocycles. The first-order chi connectivity index (χ1) is 13.9. The summed E-state index contributed by atoms with van der Waals surface area (Å²) in [5.74, 6) is 0. The summed E-state index contributed by atoms with van der Waals surface area (Å²) in [6.07, 6.45) is 14.1. The molecule has 0 radical (unpaired) electrons. The van der Waals surface area contributed by atoms with Crippen molar-refractivity contribution in [2.45, 2.75) is 71.1 Å². The van der Waals surface area contributed by atoms with Gasteiger partial charge in [-0.2, -0.15) is 0 Å². The predicted octanol–water partition coefficient (Wildman–Crippen LogP) is 1.81. The van der Waals surface area contributed by atoms with E-state index in [1.807, 2.05) is 0 Å². The second-order valence-electron chi connectivity index (χ2n) is 7.72. The maximum absolute atomic E-state index is 5.42. The molecule has 0 fully saturated rings. The number of hydrogen-bond acceptors (Lipinski definition) is 6. The second kappa shape index (κ2) is 26.8. The van der Waals surface area contributed by atoms with E-state index in [4.69, 9.17) is 5.73 Å². The molecule has 0 atom stereocenters. The van der Waals surface area contributed by atoms with Crippen molar-refractivity contribution in [3.8, 4) is 0 Å². The fourth-order valence-electron chi connectivity index (χ4n) is 3.17. The fourth-order valence-corrected chi connectivity index (χ4v) is 3.17. The number of unbranched alkanes of at least 4 members (excludes halogenated alkanes) is 9. The van der Waals surface area contributed by atoms with Gasteiger partial charge >= 0.3 is 0 Å². The smallest absolute Gasteiger partial charge is 0.00772 e. The minimum Gasteiger partial charge on any atom is -0.329 e. The maximum Gasteiger partial charge on any atom is 0.00772 e. The summed E-state index contributed by atoms with van der Waals surface area (Å²) in [7, 11) is 0. The van der Waals surface area contributed by atoms with Gasteiger partial charge in [0, 0.05) is 65.4 Å². The van der Waals surface area contributed by atoms with Gasteiger partial charge in [0.1, 0.15) is 0 Å². The Labute approximate surface area is 175 Å². The zero-order valence-corrected chi connectivity index (χ0v) is 18.9. The van der Waals surface area contributed by atoms with Crippen LogP contribution in [0.3, 0.4) is 0 Å². The molecule has 0 aliphatic carbocycles. The van der Waals surface area contributed by atoms with Crippen LogP contribution in [0.4, 0.5) is 0 Å². The van der Waals surface area contributed by atoms with E-state index in [0.717, 1.165) is 58.9 Å². The molecule has 0 saturated carbocycles. The summed E-state index contributed by atoms with van der Waals surface area (Å²) < 4.78 is 0. The van der Waals surface area contributed by atoms with Gasteiger partial charge in [0.05, 0.1) is 0 Å². The van der Waals surface area contributed by atoms with Crippen LogP contribution in [-0.4, -0.2) is 72.0 Å². The van der Waals surface area contributed by atoms with Gasteiger partial charge in [-0.25, -0.2) is 0 Å². The summed E-state index contributed by atoms with van der Waals surface area (Å²) >= 11 is 0. The fraction of sp³-hybridized carbons (Fsp3) is 1.00. The molecule has 6 heteroatoms. The van der Waals surface area contributed by atoms with Gasteiger partial charge in [-0.05, 0) is 13.0 Å². The Bertz CT molecular complexity index is 239. The van der Waals surface area contributed by atoms with Crippen LogP contribution in [0, 0.1) is 0 Å². The van der Waals surface area contributed by atoms with Gasteiger partial charge in [-0.1, -0.05) is 64.7 Å². The van der Waals surface area contributed by atoms with E-state index in [2.05, 4.69) is 33.5 Å². The Kier molecular flexibility index (Phi) is 26.5. The lowest BCUT2D eigenvalue weighted by atomic mass is 10.1. The van der Waals surface area contributed by atoms with E-state index in [-0.39, 0.29) is 0 Å². The molecule has 0 amide bonds. The SMILES string of the molecule is CCCCCCCCCCCCNCCNCCNCCNCCNCCN. The lowest BCUT2D eigenvalue weighted by Gasteiger charge is -2.09. The van der Waals surface area contributed by atoms with E-state index in [1.165, 1.54) is 70.8 Å². The highest BCUT2D eigenvalue weighted by Crippen LogP contribution is 2.10. The van der Waals surface area contributed by atoms with Crippen molar-refractivity contribution in [1.29, 1.82) is 0 Å². The summed E-state index contributed by atoms with van der Waals surface area (Å²) in [5, 5.41) is 17.2. The Balaban J connectivity index is 2.96. The van der Waals surface area contributed by atoms with Gasteiger partial charge in [0.2, 0.25) is 0 Å². The Hall–Kier alpha value is -0.240. The normalized spacial score (nSPS) is 11.4. The molecule has 0 unspecified atom stereocenters. The van der Waals surface area contributed by atoms with Gasteiger partial charge in [0.25, 0.3) is 0 Å². The zero-order chi connectivity index (χ0) is 20.4. The molecule has 28 heavy (non-hydrogen) atoms. The van der Waals surface area contributed by atoms with Crippen molar-refractivity contribution in [2.75, 3.05) is 72.0 Å². The standard InChI is InChI=1S/C22H52N6/c1-2-3-4-5-6-7-8-9-10-11-13-24-15-17-26-19-21-28-22-20-27-18-16-25-14-12-23/h24-28H,2-23H2,1H3. The van der Waals surface area contributed by atoms with Crippen LogP contribution in [0.15, 0.2) is 0 Å². The summed E-state index contributed by atoms with van der Waals surface area (Å²) in [4.78, 5) is 0. The molecule has 0 aliphatic heterocycles. The van der Waals surface area contributed by atoms with Crippen molar-refractivity contribution < 1.29 is 0 Å². The van der Waals surface area contributed by atoms with Gasteiger partial charge in [-0.15, -0.1) is 0 Å². The Morgan fingerprint density at radius 3 is 1.11 bits per heavy atom. The Morgan fingerprint density at radius 1 is 0.393 bits per heavy atom. The van der Waals surface area contributed by atoms with E-state index in [1.54, 1.807) is 0 Å². The number of nitrogens with two attached hydrogens (primary N) is 1. The quantitative estimate of drug-likeness (QED) is 0.131. The largest absolute Gasteiger partial charge is 0.329 e. The van der Waals surface area contributed by atoms with Crippen LogP contribution in [0.5, 0.6) is 0 Å². The first-order valence-corrected chi connectivity index (χ1v) is 12.2. The topological polar surface area (TPSA) is 86.2 Å². The van der Waals surface area contributed by atoms with E-state index < -0.39 is 0 Å². The van der Waals surface area contributed by atoms with Crippen LogP contribution < -0.4 is 32.3 Å². The first-order valence-electron chi connectivity index (χ1n) is 12.2. The van der Waals surface area contributed by atoms with Crippen LogP contribution >= 0.6 is 0 Å². The summed E-state index contributed by atoms with van der Waals surface area (Å²) in [6, 6.07) is 0. The summed E-state index contributed by atoms with van der Waals surface area (Å²) in [6.45, 7) is 13.3. The van der Waals surface area contributed by atoms with Crippen LogP contribution in [0.1, 0.15) is 71.1 Å². The molecule has 0 saturated heterocycles. The number of rotatable bonds is 25. The second-order valence-corrected chi connectivity index (χ2v) is 7.72. The molecule has 0 aromatic rings. The highest BCUT2D eigenvalue weighted by atomic mass is 15.0. The molecule has 0 spiro atoms. The van der Waals surface area contributed by atoms with Crippen molar-refractivity contribution in [3.05, 3.63) is 0 Å². The average molecular weight is 401 g/mol. The third-order valence-corrected chi connectivity index (χ3v) is 4.94. The van der Waals surface area contributed by atoms with E-state index >= 15 is 0 Å². The average Bonchev–Trinajstić information content (AvgIpc) is 2.71. The molecule has 0 aliphatic rings. The molecule has 170 valence electrons. The minimum atomic E-state index is 0.712. The lowest BCUT2D eigenvalue weighted by molar-refractivity contribution is 0.533. The van der Waals surface area contributed by atoms with E-state index in [0.29, 0.717) is 6.54 Å². The highest BCUT2D eigenvalue weighted by Gasteiger charge is 1.93. The van der Waals surface area contributed by atoms with Crippen molar-refractivity contribution in [2.24, 2.45) is 5.73 Å². The zero-order valence-electron chi connectivity index (χ0n) is 18.9. The monoisotopic (exact) mass is 400 g/mol. The van der Waals surface area contributed by atoms with Crippen molar-refractivity contribution in [1.82, 2.24) is 26.6 Å². The Morgan fingerprint density at radius 2 is 0.714 bits per heavy atom. The number of nitrogens with one attached hydrogen (secondary N) is 5. The van der Waals surface area contributed by atoms with Crippen molar-refractivity contribution >= 4 is 0 Å². The third-order valence-electron chi connectivity index (χ3n) is 4.94. The maximum atomic E-state index is 5.42. The molecule has 7 N–H and O–H groups in total. The van der Waals surface area contributed by atoms with Crippen LogP contribution in [-0.2, 0) is 0 Å². The predicted molar refractivity (Wildman–Crippen MR) is 125 cm³/mol. The minimum absolute atomic E-state index is 0.712. The molecular formula is C22H52N6.